The van der Waals surface area contributed by atoms with Gasteiger partial charge in [-0.2, -0.15) is 0 Å². The number of anilines is 1. The molecule has 0 bridgehead atoms. The minimum atomic E-state index is -0.457. The number of rotatable bonds is 6. The van der Waals surface area contributed by atoms with Gasteiger partial charge in [0.2, 0.25) is 0 Å². The lowest BCUT2D eigenvalue weighted by Crippen LogP contribution is -2.50. The Morgan fingerprint density at radius 2 is 1.89 bits per heavy atom. The maximum Gasteiger partial charge on any atom is 0.271 e. The molecule has 7 nitrogen and oxygen atoms in total. The highest BCUT2D eigenvalue weighted by molar-refractivity contribution is 7.80. The Bertz CT molecular complexity index is 829. The number of nitro groups is 1. The summed E-state index contributed by atoms with van der Waals surface area (Å²) in [5.41, 5.74) is 0.414. The monoisotopic (exact) mass is 420 g/mol. The second-order valence-electron chi connectivity index (χ2n) is 6.34. The number of non-ortho nitro benzene ring substituents is 1. The van der Waals surface area contributed by atoms with Gasteiger partial charge in [0, 0.05) is 44.9 Å². The number of thiocarbonyl (C=S) groups is 1. The van der Waals surface area contributed by atoms with Gasteiger partial charge in [-0.1, -0.05) is 29.8 Å². The predicted molar refractivity (Wildman–Crippen MR) is 114 cm³/mol. The summed E-state index contributed by atoms with van der Waals surface area (Å²) in [4.78, 5) is 14.8. The van der Waals surface area contributed by atoms with Gasteiger partial charge in [-0.05, 0) is 30.4 Å². The van der Waals surface area contributed by atoms with E-state index in [2.05, 4.69) is 10.2 Å². The summed E-state index contributed by atoms with van der Waals surface area (Å²) in [6, 6.07) is 14.0. The first-order valence-corrected chi connectivity index (χ1v) is 9.71. The van der Waals surface area contributed by atoms with Crippen LogP contribution in [0.5, 0.6) is 5.75 Å². The molecular weight excluding hydrogens is 400 g/mol. The lowest BCUT2D eigenvalue weighted by Gasteiger charge is -2.36. The van der Waals surface area contributed by atoms with Crippen molar-refractivity contribution >= 4 is 40.3 Å². The highest BCUT2D eigenvalue weighted by atomic mass is 35.5. The van der Waals surface area contributed by atoms with E-state index in [1.54, 1.807) is 0 Å². The molecule has 0 aromatic heterocycles. The molecule has 3 rings (SSSR count). The van der Waals surface area contributed by atoms with Crippen LogP contribution in [0.4, 0.5) is 11.4 Å². The molecule has 1 saturated heterocycles. The third-order valence-electron chi connectivity index (χ3n) is 4.48. The molecule has 0 aliphatic carbocycles. The molecular formula is C19H21ClN4O3S. The number of ether oxygens (including phenoxy) is 1. The molecule has 1 aliphatic rings. The second kappa shape index (κ2) is 9.68. The fraction of sp³-hybridized carbons (Fsp3) is 0.316. The summed E-state index contributed by atoms with van der Waals surface area (Å²) in [5.74, 6) is 0.875. The first kappa shape index (κ1) is 20.3. The van der Waals surface area contributed by atoms with Gasteiger partial charge in [0.15, 0.2) is 5.11 Å². The zero-order valence-corrected chi connectivity index (χ0v) is 16.8. The van der Waals surface area contributed by atoms with Crippen molar-refractivity contribution in [3.8, 4) is 5.75 Å². The minimum Gasteiger partial charge on any atom is -0.492 e. The normalized spacial score (nSPS) is 14.5. The van der Waals surface area contributed by atoms with Gasteiger partial charge < -0.3 is 15.0 Å². The molecule has 0 spiro atoms. The van der Waals surface area contributed by atoms with E-state index in [-0.39, 0.29) is 5.69 Å². The van der Waals surface area contributed by atoms with Crippen LogP contribution in [0.15, 0.2) is 48.5 Å². The van der Waals surface area contributed by atoms with E-state index in [1.165, 1.54) is 18.2 Å². The van der Waals surface area contributed by atoms with Crippen molar-refractivity contribution in [3.05, 3.63) is 63.7 Å². The Kier molecular flexibility index (Phi) is 7.02. The molecule has 9 heteroatoms. The van der Waals surface area contributed by atoms with E-state index >= 15 is 0 Å². The van der Waals surface area contributed by atoms with Crippen LogP contribution in [0.25, 0.3) is 0 Å². The van der Waals surface area contributed by atoms with Gasteiger partial charge in [-0.25, -0.2) is 0 Å². The molecule has 1 N–H and O–H groups in total. The summed E-state index contributed by atoms with van der Waals surface area (Å²) in [5, 5.41) is 14.9. The molecule has 1 aliphatic heterocycles. The van der Waals surface area contributed by atoms with Crippen LogP contribution in [-0.2, 0) is 0 Å². The maximum atomic E-state index is 10.9. The van der Waals surface area contributed by atoms with Crippen molar-refractivity contribution in [1.29, 1.82) is 0 Å². The van der Waals surface area contributed by atoms with E-state index in [0.29, 0.717) is 22.4 Å². The van der Waals surface area contributed by atoms with E-state index in [0.717, 1.165) is 38.5 Å². The lowest BCUT2D eigenvalue weighted by molar-refractivity contribution is -0.384. The van der Waals surface area contributed by atoms with Crippen molar-refractivity contribution in [2.24, 2.45) is 0 Å². The third-order valence-corrected chi connectivity index (χ3v) is 5.17. The van der Waals surface area contributed by atoms with Gasteiger partial charge in [-0.3, -0.25) is 15.0 Å². The van der Waals surface area contributed by atoms with Gasteiger partial charge in [-0.15, -0.1) is 0 Å². The van der Waals surface area contributed by atoms with Crippen LogP contribution in [0.3, 0.4) is 0 Å². The van der Waals surface area contributed by atoms with Crippen LogP contribution < -0.4 is 10.1 Å². The Balaban J connectivity index is 1.45. The fourth-order valence-corrected chi connectivity index (χ4v) is 3.36. The van der Waals surface area contributed by atoms with Gasteiger partial charge in [0.1, 0.15) is 12.4 Å². The molecule has 0 radical (unpaired) electrons. The maximum absolute atomic E-state index is 10.9. The standard InChI is InChI=1S/C19H21ClN4O3S/c20-17-7-6-15(24(25)26)14-18(17)21-19(28)23-10-8-22(9-11-23)12-13-27-16-4-2-1-3-5-16/h1-7,14H,8-13H2,(H,21,28). The fourth-order valence-electron chi connectivity index (χ4n) is 2.90. The summed E-state index contributed by atoms with van der Waals surface area (Å²) < 4.78 is 5.74. The van der Waals surface area contributed by atoms with Crippen molar-refractivity contribution in [2.45, 2.75) is 0 Å². The summed E-state index contributed by atoms with van der Waals surface area (Å²) in [7, 11) is 0. The number of hydrogen-bond donors (Lipinski definition) is 1. The van der Waals surface area contributed by atoms with Crippen molar-refractivity contribution < 1.29 is 9.66 Å². The number of nitrogens with one attached hydrogen (secondary N) is 1. The highest BCUT2D eigenvalue weighted by Gasteiger charge is 2.20. The molecule has 0 atom stereocenters. The van der Waals surface area contributed by atoms with E-state index in [1.807, 2.05) is 35.2 Å². The predicted octanol–water partition coefficient (Wildman–Crippen LogP) is 3.64. The number of piperazine rings is 1. The topological polar surface area (TPSA) is 70.9 Å². The number of para-hydroxylation sites is 1. The third kappa shape index (κ3) is 5.54. The number of nitrogens with zero attached hydrogens (tertiary/aromatic N) is 3. The second-order valence-corrected chi connectivity index (χ2v) is 7.14. The molecule has 0 saturated carbocycles. The highest BCUT2D eigenvalue weighted by Crippen LogP contribution is 2.27. The quantitative estimate of drug-likeness (QED) is 0.434. The average Bonchev–Trinajstić information content (AvgIpc) is 2.70. The summed E-state index contributed by atoms with van der Waals surface area (Å²) in [6.45, 7) is 4.74. The Morgan fingerprint density at radius 3 is 2.57 bits per heavy atom. The summed E-state index contributed by atoms with van der Waals surface area (Å²) in [6.07, 6.45) is 0. The molecule has 148 valence electrons. The van der Waals surface area contributed by atoms with Crippen molar-refractivity contribution in [3.63, 3.8) is 0 Å². The van der Waals surface area contributed by atoms with E-state index < -0.39 is 4.92 Å². The number of hydrogen-bond acceptors (Lipinski definition) is 5. The van der Waals surface area contributed by atoms with Gasteiger partial charge in [0.05, 0.1) is 15.6 Å². The molecule has 0 unspecified atom stereocenters. The molecule has 2 aromatic carbocycles. The van der Waals surface area contributed by atoms with E-state index in [4.69, 9.17) is 28.6 Å². The molecule has 28 heavy (non-hydrogen) atoms. The Hall–Kier alpha value is -2.42. The first-order chi connectivity index (χ1) is 13.5. The Labute approximate surface area is 174 Å². The Morgan fingerprint density at radius 1 is 1.18 bits per heavy atom. The lowest BCUT2D eigenvalue weighted by atomic mass is 10.3. The molecule has 2 aromatic rings. The molecule has 1 heterocycles. The average molecular weight is 421 g/mol. The van der Waals surface area contributed by atoms with Gasteiger partial charge in [0.25, 0.3) is 5.69 Å². The summed E-state index contributed by atoms with van der Waals surface area (Å²) >= 11 is 11.6. The van der Waals surface area contributed by atoms with Crippen LogP contribution >= 0.6 is 23.8 Å². The number of benzene rings is 2. The smallest absolute Gasteiger partial charge is 0.271 e. The number of halogens is 1. The van der Waals surface area contributed by atoms with Crippen LogP contribution in [-0.4, -0.2) is 59.2 Å². The zero-order chi connectivity index (χ0) is 19.9. The van der Waals surface area contributed by atoms with Crippen LogP contribution in [0.1, 0.15) is 0 Å². The van der Waals surface area contributed by atoms with E-state index in [9.17, 15) is 10.1 Å². The number of nitro benzene ring substituents is 1. The zero-order valence-electron chi connectivity index (χ0n) is 15.2. The first-order valence-electron chi connectivity index (χ1n) is 8.93. The SMILES string of the molecule is O=[N+]([O-])c1ccc(Cl)c(NC(=S)N2CCN(CCOc3ccccc3)CC2)c1. The van der Waals surface area contributed by atoms with Crippen LogP contribution in [0, 0.1) is 10.1 Å². The van der Waals surface area contributed by atoms with Crippen molar-refractivity contribution in [2.75, 3.05) is 44.6 Å². The van der Waals surface area contributed by atoms with Crippen molar-refractivity contribution in [1.82, 2.24) is 9.80 Å². The minimum absolute atomic E-state index is 0.0297. The molecule has 0 amide bonds. The largest absolute Gasteiger partial charge is 0.492 e. The van der Waals surface area contributed by atoms with Crippen LogP contribution in [0.2, 0.25) is 5.02 Å². The van der Waals surface area contributed by atoms with Gasteiger partial charge >= 0.3 is 0 Å². The molecule has 1 fully saturated rings.